The Bertz CT molecular complexity index is 1420. The molecule has 0 saturated heterocycles. The van der Waals surface area contributed by atoms with Gasteiger partial charge in [0, 0.05) is 53.4 Å². The van der Waals surface area contributed by atoms with Crippen molar-refractivity contribution in [3.8, 4) is 11.5 Å². The molecule has 7 nitrogen and oxygen atoms in total. The van der Waals surface area contributed by atoms with Crippen LogP contribution in [-0.4, -0.2) is 40.7 Å². The second-order valence-electron chi connectivity index (χ2n) is 11.2. The summed E-state index contributed by atoms with van der Waals surface area (Å²) >= 11 is 0. The lowest BCUT2D eigenvalue weighted by atomic mass is 9.70. The first-order chi connectivity index (χ1) is 20.3. The molecule has 0 radical (unpaired) electrons. The van der Waals surface area contributed by atoms with Crippen LogP contribution < -0.4 is 9.47 Å². The third kappa shape index (κ3) is 5.91. The lowest BCUT2D eigenvalue weighted by Gasteiger charge is -2.44. The Balaban J connectivity index is 1.64. The fourth-order valence-corrected chi connectivity index (χ4v) is 6.45. The van der Waals surface area contributed by atoms with Crippen molar-refractivity contribution in [3.63, 3.8) is 0 Å². The largest absolute Gasteiger partial charge is 0.490 e. The Kier molecular flexibility index (Phi) is 8.95. The average Bonchev–Trinajstić information content (AvgIpc) is 2.96. The Morgan fingerprint density at radius 2 is 1.64 bits per heavy atom. The minimum absolute atomic E-state index is 0.0226. The number of ether oxygens (including phenoxy) is 2. The molecule has 0 unspecified atom stereocenters. The van der Waals surface area contributed by atoms with E-state index in [1.54, 1.807) is 0 Å². The van der Waals surface area contributed by atoms with Crippen LogP contribution in [0.15, 0.2) is 71.6 Å². The lowest BCUT2D eigenvalue weighted by molar-refractivity contribution is -0.137. The number of hydrogen-bond acceptors (Lipinski definition) is 6. The van der Waals surface area contributed by atoms with Crippen molar-refractivity contribution in [2.75, 3.05) is 13.2 Å². The fourth-order valence-electron chi connectivity index (χ4n) is 6.45. The van der Waals surface area contributed by atoms with E-state index in [4.69, 9.17) is 9.47 Å². The number of hydrogen-bond donors (Lipinski definition) is 1. The second kappa shape index (κ2) is 12.8. The van der Waals surface area contributed by atoms with Crippen molar-refractivity contribution in [3.05, 3.63) is 93.8 Å². The van der Waals surface area contributed by atoms with E-state index in [-0.39, 0.29) is 24.5 Å². The van der Waals surface area contributed by atoms with E-state index in [1.165, 1.54) is 5.56 Å². The SMILES string of the molecule is C=CCc1cc(C2C3=C(CCCC3=O)N(CCC(=O)O)C3=C2C(=O)CCC3)cc(OCC)c1OCc1ccc(C)cc1. The Morgan fingerprint density at radius 1 is 1.00 bits per heavy atom. The number of carbonyl (C=O) groups is 3. The molecule has 0 fully saturated rings. The second-order valence-corrected chi connectivity index (χ2v) is 11.2. The van der Waals surface area contributed by atoms with Gasteiger partial charge in [0.25, 0.3) is 0 Å². The minimum atomic E-state index is -0.901. The van der Waals surface area contributed by atoms with Crippen LogP contribution in [-0.2, 0) is 27.4 Å². The van der Waals surface area contributed by atoms with Crippen LogP contribution in [0, 0.1) is 6.92 Å². The summed E-state index contributed by atoms with van der Waals surface area (Å²) in [4.78, 5) is 40.8. The van der Waals surface area contributed by atoms with Crippen LogP contribution in [0.3, 0.4) is 0 Å². The van der Waals surface area contributed by atoms with Crippen LogP contribution in [0.2, 0.25) is 0 Å². The van der Waals surface area contributed by atoms with Gasteiger partial charge in [-0.1, -0.05) is 42.0 Å². The predicted octanol–water partition coefficient (Wildman–Crippen LogP) is 6.59. The number of nitrogens with zero attached hydrogens (tertiary/aromatic N) is 1. The summed E-state index contributed by atoms with van der Waals surface area (Å²) in [6.45, 7) is 8.97. The normalized spacial score (nSPS) is 17.2. The van der Waals surface area contributed by atoms with Gasteiger partial charge in [0.2, 0.25) is 0 Å². The molecule has 0 bridgehead atoms. The number of benzene rings is 2. The number of aliphatic carboxylic acids is 1. The maximum Gasteiger partial charge on any atom is 0.305 e. The number of carboxylic acid groups (broad SMARTS) is 1. The van der Waals surface area contributed by atoms with Crippen molar-refractivity contribution < 1.29 is 29.0 Å². The van der Waals surface area contributed by atoms with Crippen LogP contribution in [0.1, 0.15) is 80.0 Å². The number of ketones is 2. The molecule has 0 atom stereocenters. The van der Waals surface area contributed by atoms with Gasteiger partial charge in [-0.2, -0.15) is 0 Å². The van der Waals surface area contributed by atoms with Crippen LogP contribution in [0.4, 0.5) is 0 Å². The highest BCUT2D eigenvalue weighted by molar-refractivity contribution is 6.06. The fraction of sp³-hybridized carbons (Fsp3) is 0.400. The highest BCUT2D eigenvalue weighted by atomic mass is 16.5. The van der Waals surface area contributed by atoms with E-state index >= 15 is 0 Å². The molecule has 42 heavy (non-hydrogen) atoms. The smallest absolute Gasteiger partial charge is 0.305 e. The molecule has 2 aromatic rings. The van der Waals surface area contributed by atoms with Crippen molar-refractivity contribution in [1.82, 2.24) is 4.90 Å². The molecular weight excluding hydrogens is 530 g/mol. The molecule has 1 aliphatic heterocycles. The zero-order chi connectivity index (χ0) is 29.8. The summed E-state index contributed by atoms with van der Waals surface area (Å²) < 4.78 is 12.5. The van der Waals surface area contributed by atoms with Gasteiger partial charge in [0.05, 0.1) is 13.0 Å². The number of Topliss-reactive ketones (excluding diaryl/α,β-unsaturated/α-hetero) is 2. The van der Waals surface area contributed by atoms with E-state index in [1.807, 2.05) is 49.1 Å². The summed E-state index contributed by atoms with van der Waals surface area (Å²) in [5, 5.41) is 9.46. The standard InChI is InChI=1S/C35H39NO6/c1-4-8-24-19-25(20-30(41-5-2)35(24)42-21-23-15-13-22(3)14-16-23)32-33-26(9-6-11-28(33)37)36(18-17-31(39)40)27-10-7-12-29(38)34(27)32/h4,13-16,19-20,32H,1,5-12,17-18,21H2,2-3H3,(H,39,40). The van der Waals surface area contributed by atoms with Gasteiger partial charge in [-0.15, -0.1) is 6.58 Å². The van der Waals surface area contributed by atoms with Crippen molar-refractivity contribution >= 4 is 17.5 Å². The summed E-state index contributed by atoms with van der Waals surface area (Å²) in [5.41, 5.74) is 6.90. The average molecular weight is 570 g/mol. The maximum atomic E-state index is 13.6. The van der Waals surface area contributed by atoms with E-state index in [9.17, 15) is 19.5 Å². The van der Waals surface area contributed by atoms with Crippen LogP contribution >= 0.6 is 0 Å². The summed E-state index contributed by atoms with van der Waals surface area (Å²) in [6, 6.07) is 12.2. The van der Waals surface area contributed by atoms with Gasteiger partial charge >= 0.3 is 5.97 Å². The monoisotopic (exact) mass is 569 g/mol. The lowest BCUT2D eigenvalue weighted by Crippen LogP contribution is -2.40. The molecule has 7 heteroatoms. The molecule has 0 spiro atoms. The molecule has 2 aliphatic carbocycles. The van der Waals surface area contributed by atoms with Gasteiger partial charge in [-0.05, 0) is 63.1 Å². The number of carboxylic acids is 1. The third-order valence-electron chi connectivity index (χ3n) is 8.29. The summed E-state index contributed by atoms with van der Waals surface area (Å²) in [5.74, 6) is -0.173. The number of carbonyl (C=O) groups excluding carboxylic acids is 2. The molecule has 0 amide bonds. The molecule has 2 aromatic carbocycles. The van der Waals surface area contributed by atoms with Crippen molar-refractivity contribution in [1.29, 1.82) is 0 Å². The third-order valence-corrected chi connectivity index (χ3v) is 8.29. The van der Waals surface area contributed by atoms with Gasteiger partial charge in [0.1, 0.15) is 6.61 Å². The molecule has 3 aliphatic rings. The van der Waals surface area contributed by atoms with E-state index in [0.29, 0.717) is 80.8 Å². The quantitative estimate of drug-likeness (QED) is 0.305. The van der Waals surface area contributed by atoms with Crippen molar-refractivity contribution in [2.24, 2.45) is 0 Å². The molecular formula is C35H39NO6. The Labute approximate surface area is 247 Å². The molecule has 5 rings (SSSR count). The first-order valence-electron chi connectivity index (χ1n) is 14.9. The molecule has 1 heterocycles. The zero-order valence-corrected chi connectivity index (χ0v) is 24.5. The number of rotatable bonds is 11. The van der Waals surface area contributed by atoms with Gasteiger partial charge in [-0.3, -0.25) is 14.4 Å². The summed E-state index contributed by atoms with van der Waals surface area (Å²) in [7, 11) is 0. The van der Waals surface area contributed by atoms with Crippen LogP contribution in [0.25, 0.3) is 0 Å². The zero-order valence-electron chi connectivity index (χ0n) is 24.5. The highest BCUT2D eigenvalue weighted by Crippen LogP contribution is 2.50. The minimum Gasteiger partial charge on any atom is -0.490 e. The first-order valence-corrected chi connectivity index (χ1v) is 14.9. The maximum absolute atomic E-state index is 13.6. The van der Waals surface area contributed by atoms with Gasteiger partial charge < -0.3 is 19.5 Å². The highest BCUT2D eigenvalue weighted by Gasteiger charge is 2.43. The molecule has 1 N–H and O–H groups in total. The van der Waals surface area contributed by atoms with E-state index < -0.39 is 11.9 Å². The number of aryl methyl sites for hydroxylation is 1. The topological polar surface area (TPSA) is 93.1 Å². The predicted molar refractivity (Wildman–Crippen MR) is 160 cm³/mol. The first kappa shape index (κ1) is 29.4. The van der Waals surface area contributed by atoms with E-state index in [2.05, 4.69) is 18.7 Å². The van der Waals surface area contributed by atoms with Crippen molar-refractivity contribution in [2.45, 2.75) is 77.7 Å². The van der Waals surface area contributed by atoms with E-state index in [0.717, 1.165) is 28.1 Å². The molecule has 0 aromatic heterocycles. The van der Waals surface area contributed by atoms with Crippen LogP contribution in [0.5, 0.6) is 11.5 Å². The Hall–Kier alpha value is -4.13. The van der Waals surface area contributed by atoms with Gasteiger partial charge in [-0.25, -0.2) is 0 Å². The molecule has 0 saturated carbocycles. The summed E-state index contributed by atoms with van der Waals surface area (Å²) in [6.07, 6.45) is 5.87. The number of allylic oxidation sites excluding steroid dienone is 5. The molecule has 220 valence electrons. The van der Waals surface area contributed by atoms with Gasteiger partial charge in [0.15, 0.2) is 23.1 Å². The Morgan fingerprint density at radius 3 is 2.21 bits per heavy atom.